The van der Waals surface area contributed by atoms with Crippen LogP contribution in [-0.4, -0.2) is 25.2 Å². The molecule has 0 unspecified atom stereocenters. The van der Waals surface area contributed by atoms with E-state index in [0.29, 0.717) is 25.8 Å². The second-order valence-electron chi connectivity index (χ2n) is 6.46. The molecule has 0 heterocycles. The normalized spacial score (nSPS) is 11.3. The van der Waals surface area contributed by atoms with Crippen LogP contribution in [0.3, 0.4) is 0 Å². The number of hydrogen-bond acceptors (Lipinski definition) is 2. The fourth-order valence-electron chi connectivity index (χ4n) is 3.44. The zero-order valence-electron chi connectivity index (χ0n) is 15.8. The Bertz CT molecular complexity index is 735. The lowest BCUT2D eigenvalue weighted by molar-refractivity contribution is -0.117. The van der Waals surface area contributed by atoms with Crippen molar-refractivity contribution >= 4 is 29.0 Å². The van der Waals surface area contributed by atoms with E-state index in [9.17, 15) is 4.79 Å². The third kappa shape index (κ3) is 4.53. The number of Topliss-reactive ketones (excluding diaryl/α,β-unsaturated/α-hetero) is 1. The highest BCUT2D eigenvalue weighted by molar-refractivity contribution is 7.96. The molecule has 3 aromatic carbocycles. The lowest BCUT2D eigenvalue weighted by atomic mass is 10.3. The summed E-state index contributed by atoms with van der Waals surface area (Å²) in [6.45, 7) is 3.09. The van der Waals surface area contributed by atoms with Crippen LogP contribution >= 0.6 is 7.26 Å². The summed E-state index contributed by atoms with van der Waals surface area (Å²) in [5.41, 5.74) is 0. The highest BCUT2D eigenvalue weighted by Crippen LogP contribution is 2.55. The van der Waals surface area contributed by atoms with Gasteiger partial charge in [-0.1, -0.05) is 54.6 Å². The maximum atomic E-state index is 13.0. The fraction of sp³-hybridized carbons (Fsp3) is 0.208. The minimum atomic E-state index is -2.06. The first kappa shape index (κ1) is 19.5. The van der Waals surface area contributed by atoms with Crippen molar-refractivity contribution in [2.45, 2.75) is 13.3 Å². The number of carbonyl (C=O) groups is 1. The molecule has 0 atom stereocenters. The molecule has 0 N–H and O–H groups in total. The molecule has 0 saturated heterocycles. The molecule has 3 heteroatoms. The molecule has 2 nitrogen and oxygen atoms in total. The molecule has 0 aromatic heterocycles. The third-order valence-corrected chi connectivity index (χ3v) is 9.10. The van der Waals surface area contributed by atoms with E-state index < -0.39 is 7.26 Å². The fourth-order valence-corrected chi connectivity index (χ4v) is 7.62. The quantitative estimate of drug-likeness (QED) is 0.417. The molecular weight excluding hydrogens is 351 g/mol. The minimum Gasteiger partial charge on any atom is -0.381 e. The van der Waals surface area contributed by atoms with Gasteiger partial charge in [0, 0.05) is 13.0 Å². The molecule has 0 fully saturated rings. The number of benzene rings is 3. The van der Waals surface area contributed by atoms with Gasteiger partial charge in [-0.2, -0.15) is 0 Å². The first-order chi connectivity index (χ1) is 13.3. The van der Waals surface area contributed by atoms with Gasteiger partial charge in [0.05, 0.1) is 6.61 Å². The summed E-state index contributed by atoms with van der Waals surface area (Å²) in [7, 11) is -2.06. The van der Waals surface area contributed by atoms with Crippen LogP contribution in [0.1, 0.15) is 13.3 Å². The standard InChI is InChI=1S/C24H26O2P/c1-2-26-19-18-21(25)20-27(22-12-6-3-7-13-22,23-14-8-4-9-15-23)24-16-10-5-11-17-24/h3-17H,2,18-20H2,1H3/q+1. The first-order valence-corrected chi connectivity index (χ1v) is 11.4. The molecule has 0 amide bonds. The second-order valence-corrected chi connectivity index (χ2v) is 9.95. The van der Waals surface area contributed by atoms with Crippen LogP contribution in [0.5, 0.6) is 0 Å². The van der Waals surface area contributed by atoms with E-state index in [2.05, 4.69) is 72.8 Å². The van der Waals surface area contributed by atoms with E-state index in [4.69, 9.17) is 4.74 Å². The van der Waals surface area contributed by atoms with Crippen molar-refractivity contribution < 1.29 is 9.53 Å². The Hall–Kier alpha value is -2.28. The summed E-state index contributed by atoms with van der Waals surface area (Å²) in [4.78, 5) is 13.0. The van der Waals surface area contributed by atoms with Gasteiger partial charge in [0.15, 0.2) is 5.78 Å². The van der Waals surface area contributed by atoms with Crippen LogP contribution in [0.2, 0.25) is 0 Å². The lowest BCUT2D eigenvalue weighted by Crippen LogP contribution is -2.35. The average molecular weight is 377 g/mol. The zero-order valence-corrected chi connectivity index (χ0v) is 16.6. The smallest absolute Gasteiger partial charge is 0.173 e. The molecule has 0 radical (unpaired) electrons. The molecular formula is C24H26O2P+. The monoisotopic (exact) mass is 377 g/mol. The second kappa shape index (κ2) is 9.60. The van der Waals surface area contributed by atoms with Gasteiger partial charge in [-0.05, 0) is 43.3 Å². The van der Waals surface area contributed by atoms with Crippen molar-refractivity contribution in [3.63, 3.8) is 0 Å². The van der Waals surface area contributed by atoms with E-state index >= 15 is 0 Å². The highest BCUT2D eigenvalue weighted by Gasteiger charge is 2.46. The largest absolute Gasteiger partial charge is 0.381 e. The Morgan fingerprint density at radius 2 is 1.15 bits per heavy atom. The SMILES string of the molecule is CCOCCC(=O)C[P+](c1ccccc1)(c1ccccc1)c1ccccc1. The van der Waals surface area contributed by atoms with Crippen molar-refractivity contribution in [2.75, 3.05) is 19.4 Å². The van der Waals surface area contributed by atoms with E-state index in [1.807, 2.05) is 25.1 Å². The topological polar surface area (TPSA) is 26.3 Å². The third-order valence-electron chi connectivity index (χ3n) is 4.73. The number of ketones is 1. The van der Waals surface area contributed by atoms with Crippen molar-refractivity contribution in [1.29, 1.82) is 0 Å². The molecule has 0 aliphatic carbocycles. The maximum absolute atomic E-state index is 13.0. The van der Waals surface area contributed by atoms with Gasteiger partial charge >= 0.3 is 0 Å². The minimum absolute atomic E-state index is 0.258. The van der Waals surface area contributed by atoms with Gasteiger partial charge in [-0.3, -0.25) is 4.79 Å². The van der Waals surface area contributed by atoms with Crippen molar-refractivity contribution in [3.05, 3.63) is 91.0 Å². The molecule has 0 aliphatic heterocycles. The molecule has 0 bridgehead atoms. The number of rotatable bonds is 9. The van der Waals surface area contributed by atoms with Gasteiger partial charge in [0.25, 0.3) is 0 Å². The Kier molecular flexibility index (Phi) is 6.92. The summed E-state index contributed by atoms with van der Waals surface area (Å²) < 4.78 is 5.43. The summed E-state index contributed by atoms with van der Waals surface area (Å²) in [6, 6.07) is 31.5. The Labute approximate surface area is 162 Å². The Morgan fingerprint density at radius 1 is 0.741 bits per heavy atom. The van der Waals surface area contributed by atoms with E-state index in [-0.39, 0.29) is 5.78 Å². The maximum Gasteiger partial charge on any atom is 0.173 e. The Balaban J connectivity index is 2.12. The molecule has 0 saturated carbocycles. The predicted molar refractivity (Wildman–Crippen MR) is 116 cm³/mol. The van der Waals surface area contributed by atoms with Crippen molar-refractivity contribution in [1.82, 2.24) is 0 Å². The van der Waals surface area contributed by atoms with Crippen LogP contribution in [0.4, 0.5) is 0 Å². The molecule has 0 aliphatic rings. The Morgan fingerprint density at radius 3 is 1.52 bits per heavy atom. The van der Waals surface area contributed by atoms with Gasteiger partial charge in [0.2, 0.25) is 0 Å². The van der Waals surface area contributed by atoms with E-state index in [1.54, 1.807) is 0 Å². The van der Waals surface area contributed by atoms with Crippen LogP contribution < -0.4 is 15.9 Å². The number of carbonyl (C=O) groups excluding carboxylic acids is 1. The van der Waals surface area contributed by atoms with Gasteiger partial charge in [-0.15, -0.1) is 0 Å². The van der Waals surface area contributed by atoms with Gasteiger partial charge in [0.1, 0.15) is 29.3 Å². The highest BCUT2D eigenvalue weighted by atomic mass is 31.2. The zero-order chi connectivity index (χ0) is 19.0. The predicted octanol–water partition coefficient (Wildman–Crippen LogP) is 3.98. The molecule has 27 heavy (non-hydrogen) atoms. The summed E-state index contributed by atoms with van der Waals surface area (Å²) in [6.07, 6.45) is 0.986. The number of hydrogen-bond donors (Lipinski definition) is 0. The van der Waals surface area contributed by atoms with Crippen LogP contribution in [0.25, 0.3) is 0 Å². The van der Waals surface area contributed by atoms with E-state index in [1.165, 1.54) is 15.9 Å². The molecule has 3 rings (SSSR count). The molecule has 3 aromatic rings. The van der Waals surface area contributed by atoms with Crippen LogP contribution in [0.15, 0.2) is 91.0 Å². The van der Waals surface area contributed by atoms with Gasteiger partial charge in [-0.25, -0.2) is 0 Å². The van der Waals surface area contributed by atoms with Gasteiger partial charge < -0.3 is 4.74 Å². The van der Waals surface area contributed by atoms with E-state index in [0.717, 1.165) is 0 Å². The average Bonchev–Trinajstić information content (AvgIpc) is 2.74. The van der Waals surface area contributed by atoms with Crippen molar-refractivity contribution in [3.8, 4) is 0 Å². The summed E-state index contributed by atoms with van der Waals surface area (Å²) in [5, 5.41) is 3.73. The van der Waals surface area contributed by atoms with Crippen LogP contribution in [-0.2, 0) is 9.53 Å². The summed E-state index contributed by atoms with van der Waals surface area (Å²) >= 11 is 0. The molecule has 138 valence electrons. The lowest BCUT2D eigenvalue weighted by Gasteiger charge is -2.27. The molecule has 0 spiro atoms. The summed E-state index contributed by atoms with van der Waals surface area (Å²) in [5.74, 6) is 0.258. The number of ether oxygens (including phenoxy) is 1. The first-order valence-electron chi connectivity index (χ1n) is 9.41. The van der Waals surface area contributed by atoms with Crippen LogP contribution in [0, 0.1) is 0 Å². The van der Waals surface area contributed by atoms with Crippen molar-refractivity contribution in [2.24, 2.45) is 0 Å².